The standard InChI is InChI=1S/C37H46N8/c1-8-32-9-11-33(12-10-32)23-41-29(5)45-30(6)42-24-36-17-13-34(14-18-36)21-39-27(3)44(26(2)38)28(4)40-22-35-15-19-37(20-16-35)25-43-31(45)7/h8-31H,1,38H2,2-7H3/b39-21+,40-22+,41-23+,42-24+,43-25+. The van der Waals surface area contributed by atoms with Gasteiger partial charge in [-0.05, 0) is 74.9 Å². The summed E-state index contributed by atoms with van der Waals surface area (Å²) in [6, 6.07) is 24.5. The molecule has 0 spiro atoms. The predicted octanol–water partition coefficient (Wildman–Crippen LogP) is 6.48. The lowest BCUT2D eigenvalue weighted by molar-refractivity contribution is 0.116. The Bertz CT molecular complexity index is 1440. The van der Waals surface area contributed by atoms with E-state index in [0.717, 1.165) is 33.4 Å². The van der Waals surface area contributed by atoms with Crippen molar-refractivity contribution in [2.75, 3.05) is 0 Å². The zero-order chi connectivity index (χ0) is 32.3. The van der Waals surface area contributed by atoms with E-state index < -0.39 is 0 Å². The molecule has 6 unspecified atom stereocenters. The van der Waals surface area contributed by atoms with Crippen LogP contribution in [0.2, 0.25) is 0 Å². The van der Waals surface area contributed by atoms with Gasteiger partial charge < -0.3 is 5.73 Å². The minimum Gasteiger partial charge on any atom is -0.316 e. The number of aliphatic imine (C=N–C) groups is 5. The molecule has 4 aliphatic rings. The first-order chi connectivity index (χ1) is 21.6. The maximum atomic E-state index is 6.34. The van der Waals surface area contributed by atoms with Crippen LogP contribution >= 0.6 is 0 Å². The van der Waals surface area contributed by atoms with Crippen LogP contribution in [0.4, 0.5) is 0 Å². The monoisotopic (exact) mass is 602 g/mol. The minimum absolute atomic E-state index is 0.153. The molecule has 6 atom stereocenters. The van der Waals surface area contributed by atoms with Gasteiger partial charge in [-0.15, -0.1) is 0 Å². The van der Waals surface area contributed by atoms with Crippen molar-refractivity contribution in [3.63, 3.8) is 0 Å². The molecule has 8 nitrogen and oxygen atoms in total. The average Bonchev–Trinajstić information content (AvgIpc) is 3.04. The lowest BCUT2D eigenvalue weighted by Crippen LogP contribution is -2.49. The fourth-order valence-corrected chi connectivity index (χ4v) is 5.34. The van der Waals surface area contributed by atoms with Gasteiger partial charge in [0.1, 0.15) is 30.8 Å². The molecule has 3 aromatic carbocycles. The van der Waals surface area contributed by atoms with E-state index in [1.807, 2.05) is 131 Å². The minimum atomic E-state index is -0.215. The summed E-state index contributed by atoms with van der Waals surface area (Å²) in [5.41, 5.74) is 12.5. The molecule has 234 valence electrons. The van der Waals surface area contributed by atoms with Gasteiger partial charge in [0, 0.05) is 31.1 Å². The van der Waals surface area contributed by atoms with E-state index in [1.165, 1.54) is 0 Å². The fourth-order valence-electron chi connectivity index (χ4n) is 5.34. The van der Waals surface area contributed by atoms with Gasteiger partial charge in [-0.3, -0.25) is 25.0 Å². The number of nitrogens with zero attached hydrogens (tertiary/aromatic N) is 7. The van der Waals surface area contributed by atoms with E-state index in [1.54, 1.807) is 0 Å². The highest BCUT2D eigenvalue weighted by atomic mass is 15.4. The molecule has 0 amide bonds. The van der Waals surface area contributed by atoms with Gasteiger partial charge in [-0.2, -0.15) is 0 Å². The van der Waals surface area contributed by atoms with Gasteiger partial charge in [-0.25, -0.2) is 9.80 Å². The quantitative estimate of drug-likeness (QED) is 0.339. The summed E-state index contributed by atoms with van der Waals surface area (Å²) in [5.74, 6) is 0. The number of hydrogen-bond acceptors (Lipinski definition) is 8. The lowest BCUT2D eigenvalue weighted by Gasteiger charge is -2.33. The van der Waals surface area contributed by atoms with E-state index >= 15 is 0 Å². The fraction of sp³-hybridized carbons (Fsp3) is 0.324. The normalized spacial score (nSPS) is 26.0. The molecule has 0 aliphatic carbocycles. The van der Waals surface area contributed by atoms with Crippen LogP contribution in [0.1, 0.15) is 74.9 Å². The summed E-state index contributed by atoms with van der Waals surface area (Å²) < 4.78 is 0. The lowest BCUT2D eigenvalue weighted by atomic mass is 10.1. The van der Waals surface area contributed by atoms with Gasteiger partial charge in [0.25, 0.3) is 0 Å². The van der Waals surface area contributed by atoms with E-state index in [9.17, 15) is 0 Å². The Kier molecular flexibility index (Phi) is 12.0. The number of hydrogen-bond donors (Lipinski definition) is 1. The van der Waals surface area contributed by atoms with E-state index in [4.69, 9.17) is 30.7 Å². The van der Waals surface area contributed by atoms with Crippen LogP contribution in [0.5, 0.6) is 0 Å². The third-order valence-electron chi connectivity index (χ3n) is 7.87. The Morgan fingerprint density at radius 3 is 1.27 bits per heavy atom. The van der Waals surface area contributed by atoms with Crippen molar-refractivity contribution < 1.29 is 0 Å². The Labute approximate surface area is 268 Å². The zero-order valence-electron chi connectivity index (χ0n) is 27.3. The molecule has 8 heteroatoms. The molecule has 45 heavy (non-hydrogen) atoms. The SMILES string of the molecule is C=Cc1ccc(/C=N/C(C)N2C(C)/N=C/c3ccc(cc3)/C=N/C(C)N(C(C)N)C(C)/N=C/c3ccc(cc3)/C=N/C2C)cc1. The highest BCUT2D eigenvalue weighted by Crippen LogP contribution is 2.17. The summed E-state index contributed by atoms with van der Waals surface area (Å²) in [6.07, 6.45) is 10.3. The molecule has 2 N–H and O–H groups in total. The third-order valence-corrected chi connectivity index (χ3v) is 7.87. The van der Waals surface area contributed by atoms with Crippen molar-refractivity contribution in [2.45, 2.75) is 78.5 Å². The zero-order valence-corrected chi connectivity index (χ0v) is 27.3. The largest absolute Gasteiger partial charge is 0.316 e. The molecule has 0 aromatic heterocycles. The van der Waals surface area contributed by atoms with E-state index in [-0.39, 0.29) is 37.0 Å². The van der Waals surface area contributed by atoms with Gasteiger partial charge in [0.05, 0.1) is 6.17 Å². The van der Waals surface area contributed by atoms with Gasteiger partial charge in [-0.1, -0.05) is 85.5 Å². The van der Waals surface area contributed by atoms with Gasteiger partial charge in [0.15, 0.2) is 0 Å². The van der Waals surface area contributed by atoms with E-state index in [2.05, 4.69) is 37.1 Å². The van der Waals surface area contributed by atoms with Crippen molar-refractivity contribution >= 4 is 37.1 Å². The van der Waals surface area contributed by atoms with Crippen molar-refractivity contribution in [3.05, 3.63) is 113 Å². The van der Waals surface area contributed by atoms with Crippen LogP contribution < -0.4 is 5.73 Å². The highest BCUT2D eigenvalue weighted by Gasteiger charge is 2.24. The Morgan fingerprint density at radius 1 is 0.600 bits per heavy atom. The van der Waals surface area contributed by atoms with Crippen LogP contribution in [0.3, 0.4) is 0 Å². The first-order valence-corrected chi connectivity index (χ1v) is 15.5. The summed E-state index contributed by atoms with van der Waals surface area (Å²) in [4.78, 5) is 28.6. The Hall–Kier alpha value is -4.37. The van der Waals surface area contributed by atoms with Crippen LogP contribution in [0, 0.1) is 0 Å². The molecule has 4 bridgehead atoms. The second-order valence-corrected chi connectivity index (χ2v) is 11.4. The third kappa shape index (κ3) is 9.56. The van der Waals surface area contributed by atoms with E-state index in [0.29, 0.717) is 0 Å². The Morgan fingerprint density at radius 2 is 0.933 bits per heavy atom. The molecule has 4 aliphatic heterocycles. The highest BCUT2D eigenvalue weighted by molar-refractivity contribution is 5.85. The molecule has 3 aromatic rings. The molecule has 7 rings (SSSR count). The number of rotatable bonds is 5. The molecular weight excluding hydrogens is 556 g/mol. The Balaban J connectivity index is 1.66. The predicted molar refractivity (Wildman–Crippen MR) is 192 cm³/mol. The second-order valence-electron chi connectivity index (χ2n) is 11.4. The van der Waals surface area contributed by atoms with Crippen LogP contribution in [0.25, 0.3) is 6.08 Å². The van der Waals surface area contributed by atoms with Gasteiger partial charge in [0.2, 0.25) is 0 Å². The topological polar surface area (TPSA) is 94.3 Å². The molecular formula is C37H46N8. The van der Waals surface area contributed by atoms with Crippen molar-refractivity contribution in [1.82, 2.24) is 9.80 Å². The molecule has 0 saturated carbocycles. The number of benzene rings is 3. The number of nitrogens with two attached hydrogens (primary N) is 1. The maximum Gasteiger partial charge on any atom is 0.102 e. The van der Waals surface area contributed by atoms with Crippen molar-refractivity contribution in [3.8, 4) is 0 Å². The van der Waals surface area contributed by atoms with Crippen LogP contribution in [-0.4, -0.2) is 77.9 Å². The van der Waals surface area contributed by atoms with Gasteiger partial charge >= 0.3 is 0 Å². The van der Waals surface area contributed by atoms with Crippen molar-refractivity contribution in [2.24, 2.45) is 30.7 Å². The summed E-state index contributed by atoms with van der Waals surface area (Å²) in [6.45, 7) is 16.1. The summed E-state index contributed by atoms with van der Waals surface area (Å²) >= 11 is 0. The van der Waals surface area contributed by atoms with Crippen molar-refractivity contribution in [1.29, 1.82) is 0 Å². The summed E-state index contributed by atoms with van der Waals surface area (Å²) in [5, 5.41) is 0. The molecule has 0 radical (unpaired) electrons. The molecule has 0 fully saturated rings. The summed E-state index contributed by atoms with van der Waals surface area (Å²) in [7, 11) is 0. The molecule has 4 heterocycles. The first-order valence-electron chi connectivity index (χ1n) is 15.5. The maximum absolute atomic E-state index is 6.34. The van der Waals surface area contributed by atoms with Crippen LogP contribution in [0.15, 0.2) is 104 Å². The smallest absolute Gasteiger partial charge is 0.102 e. The average molecular weight is 603 g/mol. The second kappa shape index (κ2) is 16.1. The van der Waals surface area contributed by atoms with Crippen LogP contribution in [-0.2, 0) is 0 Å². The first kappa shape index (κ1) is 33.5. The molecule has 0 saturated heterocycles.